The van der Waals surface area contributed by atoms with Gasteiger partial charge in [0.2, 0.25) is 0 Å². The van der Waals surface area contributed by atoms with E-state index in [0.717, 1.165) is 51.4 Å². The molecule has 0 saturated carbocycles. The largest absolute Gasteiger partial charge is 0.457 e. The Morgan fingerprint density at radius 3 is 1.15 bits per heavy atom. The first kappa shape index (κ1) is 56.8. The van der Waals surface area contributed by atoms with Crippen molar-refractivity contribution in [1.82, 2.24) is 0 Å². The highest BCUT2D eigenvalue weighted by atomic mass is 16.6. The fraction of sp³-hybridized carbons (Fsp3) is 0.764. The van der Waals surface area contributed by atoms with Crippen LogP contribution < -0.4 is 0 Å². The number of hydrogen-bond acceptors (Lipinski definition) is 4. The van der Waals surface area contributed by atoms with Gasteiger partial charge in [0.15, 0.2) is 0 Å². The van der Waals surface area contributed by atoms with Crippen molar-refractivity contribution in [2.75, 3.05) is 19.8 Å². The van der Waals surface area contributed by atoms with Crippen LogP contribution in [-0.2, 0) is 14.3 Å². The van der Waals surface area contributed by atoms with Gasteiger partial charge in [-0.25, -0.2) is 0 Å². The van der Waals surface area contributed by atoms with Crippen molar-refractivity contribution in [1.29, 1.82) is 0 Å². The minimum Gasteiger partial charge on any atom is -0.457 e. The zero-order valence-electron chi connectivity index (χ0n) is 39.3. The van der Waals surface area contributed by atoms with Crippen molar-refractivity contribution in [2.45, 2.75) is 251 Å². The van der Waals surface area contributed by atoms with Gasteiger partial charge < -0.3 is 14.6 Å². The Morgan fingerprint density at radius 1 is 0.424 bits per heavy atom. The van der Waals surface area contributed by atoms with Crippen molar-refractivity contribution in [3.05, 3.63) is 72.9 Å². The molecule has 1 N–H and O–H groups in total. The Labute approximate surface area is 367 Å². The number of hydrogen-bond donors (Lipinski definition) is 1. The van der Waals surface area contributed by atoms with Gasteiger partial charge in [0, 0.05) is 13.0 Å². The second kappa shape index (κ2) is 52.0. The Balaban J connectivity index is 3.42. The molecule has 0 spiro atoms. The van der Waals surface area contributed by atoms with Crippen LogP contribution in [-0.4, -0.2) is 37.0 Å². The van der Waals surface area contributed by atoms with E-state index in [4.69, 9.17) is 9.47 Å². The number of unbranched alkanes of at least 4 members (excludes halogenated alkanes) is 27. The van der Waals surface area contributed by atoms with Crippen LogP contribution in [0.4, 0.5) is 0 Å². The molecule has 0 aromatic rings. The summed E-state index contributed by atoms with van der Waals surface area (Å²) in [5.74, 6) is -0.208. The average molecular weight is 823 g/mol. The molecule has 1 unspecified atom stereocenters. The monoisotopic (exact) mass is 823 g/mol. The predicted octanol–water partition coefficient (Wildman–Crippen LogP) is 17.3. The number of carbonyl (C=O) groups is 1. The summed E-state index contributed by atoms with van der Waals surface area (Å²) in [5, 5.41) is 9.65. The maximum atomic E-state index is 12.3. The van der Waals surface area contributed by atoms with E-state index >= 15 is 0 Å². The van der Waals surface area contributed by atoms with Gasteiger partial charge in [-0.3, -0.25) is 4.79 Å². The second-order valence-electron chi connectivity index (χ2n) is 16.9. The van der Waals surface area contributed by atoms with Gasteiger partial charge in [-0.05, 0) is 83.5 Å². The predicted molar refractivity (Wildman–Crippen MR) is 260 cm³/mol. The Morgan fingerprint density at radius 2 is 0.763 bits per heavy atom. The Bertz CT molecular complexity index is 1000. The molecule has 0 aliphatic heterocycles. The van der Waals surface area contributed by atoms with Crippen molar-refractivity contribution in [3.63, 3.8) is 0 Å². The maximum absolute atomic E-state index is 12.3. The first-order valence-corrected chi connectivity index (χ1v) is 25.5. The van der Waals surface area contributed by atoms with Crippen LogP contribution in [0, 0.1) is 0 Å². The SMILES string of the molecule is CC/C=C\C/C=C\C/C=C\C/C=C\CCCCCCCCCCC(=O)OC(CO)COCCCCCCCCCCCCCCCC/C=C\C/C=C\CCCCCCC. The highest BCUT2D eigenvalue weighted by molar-refractivity contribution is 5.69. The number of ether oxygens (including phenoxy) is 2. The van der Waals surface area contributed by atoms with E-state index in [2.05, 4.69) is 86.8 Å². The highest BCUT2D eigenvalue weighted by Gasteiger charge is 2.13. The highest BCUT2D eigenvalue weighted by Crippen LogP contribution is 2.15. The number of allylic oxidation sites excluding steroid dienone is 12. The van der Waals surface area contributed by atoms with E-state index < -0.39 is 6.10 Å². The maximum Gasteiger partial charge on any atom is 0.306 e. The summed E-state index contributed by atoms with van der Waals surface area (Å²) < 4.78 is 11.2. The van der Waals surface area contributed by atoms with Gasteiger partial charge in [-0.2, -0.15) is 0 Å². The number of aliphatic hydroxyl groups excluding tert-OH is 1. The van der Waals surface area contributed by atoms with Gasteiger partial charge >= 0.3 is 5.97 Å². The van der Waals surface area contributed by atoms with Crippen LogP contribution in [0.25, 0.3) is 0 Å². The molecule has 0 bridgehead atoms. The van der Waals surface area contributed by atoms with Gasteiger partial charge in [0.25, 0.3) is 0 Å². The van der Waals surface area contributed by atoms with Crippen molar-refractivity contribution >= 4 is 5.97 Å². The molecule has 4 heteroatoms. The standard InChI is InChI=1S/C55H98O4/c1-3-5-7-9-11-13-15-17-19-21-23-25-26-27-28-29-31-33-35-37-39-41-43-45-47-49-51-58-53-54(52-56)59-55(57)50-48-46-44-42-40-38-36-34-32-30-24-22-20-18-16-14-12-10-8-6-4-2/h6,8,12,14-15,17-18,20-21,23-24,30,54,56H,3-5,7,9-11,13,16,19,22,25-29,31-53H2,1-2H3/b8-6-,14-12-,17-15-,20-18-,23-21-,30-24-. The molecule has 0 radical (unpaired) electrons. The molecule has 0 amide bonds. The van der Waals surface area contributed by atoms with Crippen molar-refractivity contribution < 1.29 is 19.4 Å². The molecule has 4 nitrogen and oxygen atoms in total. The number of carbonyl (C=O) groups excluding carboxylic acids is 1. The molecule has 1 atom stereocenters. The lowest BCUT2D eigenvalue weighted by molar-refractivity contribution is -0.154. The Hall–Kier alpha value is -2.17. The molecule has 0 aromatic heterocycles. The lowest BCUT2D eigenvalue weighted by Crippen LogP contribution is -2.27. The first-order valence-electron chi connectivity index (χ1n) is 25.5. The van der Waals surface area contributed by atoms with E-state index in [1.165, 1.54) is 173 Å². The minimum atomic E-state index is -0.543. The lowest BCUT2D eigenvalue weighted by Gasteiger charge is -2.16. The van der Waals surface area contributed by atoms with Gasteiger partial charge in [0.1, 0.15) is 6.10 Å². The fourth-order valence-corrected chi connectivity index (χ4v) is 7.23. The van der Waals surface area contributed by atoms with Crippen molar-refractivity contribution in [3.8, 4) is 0 Å². The van der Waals surface area contributed by atoms with E-state index in [9.17, 15) is 9.90 Å². The van der Waals surface area contributed by atoms with Crippen LogP contribution in [0.1, 0.15) is 245 Å². The number of aliphatic hydroxyl groups is 1. The number of esters is 1. The molecule has 342 valence electrons. The summed E-state index contributed by atoms with van der Waals surface area (Å²) in [6.45, 7) is 5.23. The zero-order chi connectivity index (χ0) is 42.6. The second-order valence-corrected chi connectivity index (χ2v) is 16.9. The van der Waals surface area contributed by atoms with Gasteiger partial charge in [0.05, 0.1) is 13.2 Å². The molecule has 0 aromatic carbocycles. The van der Waals surface area contributed by atoms with E-state index in [1.54, 1.807) is 0 Å². The molecule has 0 fully saturated rings. The third kappa shape index (κ3) is 50.1. The summed E-state index contributed by atoms with van der Waals surface area (Å²) in [5.41, 5.74) is 0. The third-order valence-electron chi connectivity index (χ3n) is 11.0. The zero-order valence-corrected chi connectivity index (χ0v) is 39.3. The van der Waals surface area contributed by atoms with Crippen LogP contribution >= 0.6 is 0 Å². The molecule has 59 heavy (non-hydrogen) atoms. The van der Waals surface area contributed by atoms with Crippen LogP contribution in [0.2, 0.25) is 0 Å². The molecule has 0 aliphatic rings. The Kier molecular flexibility index (Phi) is 50.1. The molecule has 0 saturated heterocycles. The summed E-state index contributed by atoms with van der Waals surface area (Å²) in [6, 6.07) is 0. The molecule has 0 rings (SSSR count). The smallest absolute Gasteiger partial charge is 0.306 e. The first-order chi connectivity index (χ1) is 29.2. The molecule has 0 heterocycles. The lowest BCUT2D eigenvalue weighted by atomic mass is 10.0. The van der Waals surface area contributed by atoms with Crippen LogP contribution in [0.3, 0.4) is 0 Å². The minimum absolute atomic E-state index is 0.177. The normalized spacial score (nSPS) is 12.9. The topological polar surface area (TPSA) is 55.8 Å². The van der Waals surface area contributed by atoms with Gasteiger partial charge in [-0.1, -0.05) is 228 Å². The van der Waals surface area contributed by atoms with Crippen molar-refractivity contribution in [2.24, 2.45) is 0 Å². The average Bonchev–Trinajstić information content (AvgIpc) is 3.24. The number of rotatable bonds is 47. The summed E-state index contributed by atoms with van der Waals surface area (Å²) in [6.07, 6.45) is 71.3. The quantitative estimate of drug-likeness (QED) is 0.0377. The molecular weight excluding hydrogens is 725 g/mol. The van der Waals surface area contributed by atoms with Crippen LogP contribution in [0.15, 0.2) is 72.9 Å². The van der Waals surface area contributed by atoms with E-state index in [-0.39, 0.29) is 12.6 Å². The van der Waals surface area contributed by atoms with Crippen LogP contribution in [0.5, 0.6) is 0 Å². The van der Waals surface area contributed by atoms with Gasteiger partial charge in [-0.15, -0.1) is 0 Å². The van der Waals surface area contributed by atoms with E-state index in [0.29, 0.717) is 19.6 Å². The summed E-state index contributed by atoms with van der Waals surface area (Å²) in [7, 11) is 0. The summed E-state index contributed by atoms with van der Waals surface area (Å²) >= 11 is 0. The third-order valence-corrected chi connectivity index (χ3v) is 11.0. The summed E-state index contributed by atoms with van der Waals surface area (Å²) in [4.78, 5) is 12.3. The molecular formula is C55H98O4. The molecule has 0 aliphatic carbocycles. The van der Waals surface area contributed by atoms with E-state index in [1.807, 2.05) is 0 Å². The fourth-order valence-electron chi connectivity index (χ4n) is 7.23.